The molecule has 0 amide bonds. The Hall–Kier alpha value is -4.93. The first-order valence-electron chi connectivity index (χ1n) is 9.76. The van der Waals surface area contributed by atoms with Crippen molar-refractivity contribution >= 4 is 29.1 Å². The lowest BCUT2D eigenvalue weighted by Crippen LogP contribution is -2.30. The topological polar surface area (TPSA) is 220 Å². The Bertz CT molecular complexity index is 1250. The lowest BCUT2D eigenvalue weighted by molar-refractivity contribution is -0.133. The van der Waals surface area contributed by atoms with Gasteiger partial charge >= 0.3 is 34.8 Å². The van der Waals surface area contributed by atoms with Gasteiger partial charge < -0.3 is 15.3 Å². The fourth-order valence-corrected chi connectivity index (χ4v) is 1.54. The molecule has 2 rings (SSSR count). The van der Waals surface area contributed by atoms with Gasteiger partial charge in [0.1, 0.15) is 5.65 Å². The van der Waals surface area contributed by atoms with Crippen LogP contribution in [0.1, 0.15) is 40.0 Å². The number of aliphatic carboxylic acids is 3. The number of H-pyrrole nitrogens is 3. The predicted molar refractivity (Wildman–Crippen MR) is 127 cm³/mol. The van der Waals surface area contributed by atoms with Gasteiger partial charge in [0, 0.05) is 16.7 Å². The monoisotopic (exact) mass is 493 g/mol. The molecule has 0 unspecified atom stereocenters. The minimum Gasteiger partial charge on any atom is -0.478 e. The number of nitrogens with one attached hydrogen (secondary N) is 3. The predicted octanol–water partition coefficient (Wildman–Crippen LogP) is 1.50. The van der Waals surface area contributed by atoms with Crippen molar-refractivity contribution in [2.75, 3.05) is 0 Å². The molecule has 0 atom stereocenters. The van der Waals surface area contributed by atoms with E-state index < -0.39 is 34.8 Å². The molecule has 2 heterocycles. The van der Waals surface area contributed by atoms with Crippen molar-refractivity contribution in [3.05, 3.63) is 79.3 Å². The summed E-state index contributed by atoms with van der Waals surface area (Å²) in [5.41, 5.74) is -1.68. The number of fused-ring (bicyclic) bond motifs is 1. The molecular formula is C21H27N5O9. The SMILES string of the molecule is C=C(CC)C(=O)O.C=C(CC)C(=O)O.C=C(CC)C(=O)O.[C-]#[N+]n1c(=O)[nH]c2[nH]c(=O)[nH]c2c1=O. The Morgan fingerprint density at radius 2 is 1.17 bits per heavy atom. The molecule has 0 spiro atoms. The molecule has 0 saturated heterocycles. The normalized spacial score (nSPS) is 8.97. The van der Waals surface area contributed by atoms with Crippen molar-refractivity contribution in [2.24, 2.45) is 0 Å². The van der Waals surface area contributed by atoms with E-state index in [0.29, 0.717) is 23.9 Å². The zero-order chi connectivity index (χ0) is 27.9. The number of rotatable bonds is 6. The van der Waals surface area contributed by atoms with Gasteiger partial charge in [-0.3, -0.25) is 19.7 Å². The number of carboxylic acids is 3. The molecule has 0 bridgehead atoms. The van der Waals surface area contributed by atoms with Crippen LogP contribution in [0, 0.1) is 6.57 Å². The highest BCUT2D eigenvalue weighted by Crippen LogP contribution is 1.94. The summed E-state index contributed by atoms with van der Waals surface area (Å²) in [6.45, 7) is 21.7. The van der Waals surface area contributed by atoms with Crippen molar-refractivity contribution in [3.8, 4) is 0 Å². The second-order valence-corrected chi connectivity index (χ2v) is 6.26. The van der Waals surface area contributed by atoms with Crippen molar-refractivity contribution in [1.82, 2.24) is 19.6 Å². The summed E-state index contributed by atoms with van der Waals surface area (Å²) >= 11 is 0. The van der Waals surface area contributed by atoms with Crippen LogP contribution in [0.5, 0.6) is 0 Å². The highest BCUT2D eigenvalue weighted by molar-refractivity contribution is 5.86. The maximum absolute atomic E-state index is 11.3. The van der Waals surface area contributed by atoms with Crippen LogP contribution in [0.2, 0.25) is 0 Å². The first-order valence-corrected chi connectivity index (χ1v) is 9.76. The fourth-order valence-electron chi connectivity index (χ4n) is 1.54. The Balaban J connectivity index is 0. The number of hydrogen-bond donors (Lipinski definition) is 6. The van der Waals surface area contributed by atoms with E-state index in [4.69, 9.17) is 21.9 Å². The molecule has 6 N–H and O–H groups in total. The van der Waals surface area contributed by atoms with E-state index in [2.05, 4.69) is 39.6 Å². The zero-order valence-corrected chi connectivity index (χ0v) is 19.4. The van der Waals surface area contributed by atoms with Crippen LogP contribution in [0.4, 0.5) is 0 Å². The molecule has 35 heavy (non-hydrogen) atoms. The summed E-state index contributed by atoms with van der Waals surface area (Å²) in [5.74, 6) is -2.70. The molecule has 0 fully saturated rings. The highest BCUT2D eigenvalue weighted by Gasteiger charge is 2.12. The molecule has 0 saturated carbocycles. The Morgan fingerprint density at radius 1 is 0.800 bits per heavy atom. The van der Waals surface area contributed by atoms with Crippen molar-refractivity contribution < 1.29 is 29.7 Å². The van der Waals surface area contributed by atoms with Crippen molar-refractivity contribution in [1.29, 1.82) is 0 Å². The van der Waals surface area contributed by atoms with Crippen LogP contribution in [-0.4, -0.2) is 52.9 Å². The van der Waals surface area contributed by atoms with Crippen LogP contribution < -0.4 is 16.9 Å². The number of carbonyl (C=O) groups is 3. The third kappa shape index (κ3) is 11.5. The summed E-state index contributed by atoms with van der Waals surface area (Å²) in [4.78, 5) is 71.9. The lowest BCUT2D eigenvalue weighted by atomic mass is 10.2. The molecule has 190 valence electrons. The molecule has 2 aromatic rings. The van der Waals surface area contributed by atoms with Gasteiger partial charge in [0.15, 0.2) is 5.52 Å². The van der Waals surface area contributed by atoms with E-state index in [1.807, 2.05) is 0 Å². The minimum atomic E-state index is -0.900. The van der Waals surface area contributed by atoms with Gasteiger partial charge in [-0.15, -0.1) is 4.95 Å². The first kappa shape index (κ1) is 32.3. The van der Waals surface area contributed by atoms with Gasteiger partial charge in [-0.2, -0.15) is 6.57 Å². The second kappa shape index (κ2) is 15.8. The van der Waals surface area contributed by atoms with E-state index >= 15 is 0 Å². The Kier molecular flexibility index (Phi) is 14.6. The molecule has 14 nitrogen and oxygen atoms in total. The number of aromatic amines is 3. The third-order valence-electron chi connectivity index (χ3n) is 3.85. The largest absolute Gasteiger partial charge is 0.478 e. The average molecular weight is 493 g/mol. The first-order chi connectivity index (χ1) is 16.2. The van der Waals surface area contributed by atoms with Gasteiger partial charge in [0.2, 0.25) is 0 Å². The molecule has 2 aromatic heterocycles. The summed E-state index contributed by atoms with van der Waals surface area (Å²) in [6.07, 6.45) is 1.57. The number of imidazole rings is 1. The molecule has 0 aromatic carbocycles. The smallest absolute Gasteiger partial charge is 0.398 e. The quantitative estimate of drug-likeness (QED) is 0.253. The van der Waals surface area contributed by atoms with E-state index in [0.717, 1.165) is 0 Å². The maximum atomic E-state index is 11.3. The zero-order valence-electron chi connectivity index (χ0n) is 19.4. The average Bonchev–Trinajstić information content (AvgIpc) is 3.18. The Morgan fingerprint density at radius 3 is 1.43 bits per heavy atom. The standard InChI is InChI=1S/C6H3N5O3.3C5H8O2/c1-7-11-4(12)2-3(10-6(11)14)9-5(13)8-2;3*1-3-4(2)5(6)7/h(H,10,14)(H2,8,9,13);3*2-3H2,1H3,(H,6,7). The summed E-state index contributed by atoms with van der Waals surface area (Å²) < 4.78 is 0.298. The fraction of sp³-hybridized carbons (Fsp3) is 0.286. The molecule has 0 aliphatic carbocycles. The van der Waals surface area contributed by atoms with Gasteiger partial charge in [0.25, 0.3) is 0 Å². The van der Waals surface area contributed by atoms with Gasteiger partial charge in [-0.25, -0.2) is 24.0 Å². The Labute approximate surface area is 198 Å². The molecule has 14 heteroatoms. The number of aromatic nitrogens is 4. The third-order valence-corrected chi connectivity index (χ3v) is 3.85. The van der Waals surface area contributed by atoms with Crippen LogP contribution in [0.15, 0.2) is 50.8 Å². The molecule has 0 aliphatic rings. The highest BCUT2D eigenvalue weighted by atomic mass is 16.4. The van der Waals surface area contributed by atoms with Crippen LogP contribution >= 0.6 is 0 Å². The number of hydrogen-bond acceptors (Lipinski definition) is 6. The van der Waals surface area contributed by atoms with Crippen LogP contribution in [-0.2, 0) is 14.4 Å². The lowest BCUT2D eigenvalue weighted by Gasteiger charge is -1.87. The van der Waals surface area contributed by atoms with E-state index in [-0.39, 0.29) is 27.9 Å². The summed E-state index contributed by atoms with van der Waals surface area (Å²) in [6, 6.07) is 0. The van der Waals surface area contributed by atoms with Crippen molar-refractivity contribution in [3.63, 3.8) is 0 Å². The van der Waals surface area contributed by atoms with Crippen molar-refractivity contribution in [2.45, 2.75) is 40.0 Å². The number of carboxylic acid groups (broad SMARTS) is 3. The maximum Gasteiger partial charge on any atom is 0.398 e. The summed E-state index contributed by atoms with van der Waals surface area (Å²) in [7, 11) is 0. The summed E-state index contributed by atoms with van der Waals surface area (Å²) in [5, 5.41) is 24.2. The van der Waals surface area contributed by atoms with E-state index in [9.17, 15) is 28.8 Å². The molecule has 0 radical (unpaired) electrons. The van der Waals surface area contributed by atoms with Gasteiger partial charge in [-0.05, 0) is 19.3 Å². The van der Waals surface area contributed by atoms with Gasteiger partial charge in [-0.1, -0.05) is 40.5 Å². The van der Waals surface area contributed by atoms with E-state index in [1.165, 1.54) is 0 Å². The van der Waals surface area contributed by atoms with Crippen LogP contribution in [0.25, 0.3) is 16.1 Å². The minimum absolute atomic E-state index is 0.00935. The second-order valence-electron chi connectivity index (χ2n) is 6.26. The number of nitrogens with zero attached hydrogens (tertiary/aromatic N) is 2. The van der Waals surface area contributed by atoms with Gasteiger partial charge in [0.05, 0.1) is 4.68 Å². The van der Waals surface area contributed by atoms with E-state index in [1.54, 1.807) is 20.8 Å². The molecular weight excluding hydrogens is 466 g/mol. The molecule has 0 aliphatic heterocycles. The van der Waals surface area contributed by atoms with Crippen LogP contribution in [0.3, 0.4) is 0 Å².